The maximum Gasteiger partial charge on any atom is 0.231 e. The molecule has 1 aliphatic heterocycles. The fraction of sp³-hybridized carbons (Fsp3) is 0.556. The van der Waals surface area contributed by atoms with Crippen LogP contribution in [-0.2, 0) is 9.59 Å². The molecule has 2 atom stereocenters. The molecule has 2 rings (SSSR count). The first-order valence-electron chi connectivity index (χ1n) is 8.57. The van der Waals surface area contributed by atoms with E-state index in [9.17, 15) is 14.0 Å². The molecular formula is C18H27FN4O2. The van der Waals surface area contributed by atoms with Crippen molar-refractivity contribution in [1.82, 2.24) is 15.1 Å². The topological polar surface area (TPSA) is 78.7 Å². The first kappa shape index (κ1) is 19.3. The van der Waals surface area contributed by atoms with E-state index >= 15 is 0 Å². The molecule has 7 heteroatoms. The van der Waals surface area contributed by atoms with Gasteiger partial charge in [0.25, 0.3) is 0 Å². The number of nitrogens with one attached hydrogen (secondary N) is 1. The number of carbonyl (C=O) groups is 2. The summed E-state index contributed by atoms with van der Waals surface area (Å²) in [6.45, 7) is 1.99. The minimum absolute atomic E-state index is 0.0110. The van der Waals surface area contributed by atoms with Gasteiger partial charge in [-0.3, -0.25) is 14.5 Å². The summed E-state index contributed by atoms with van der Waals surface area (Å²) >= 11 is 0. The number of nitrogens with zero attached hydrogens (tertiary/aromatic N) is 2. The molecule has 3 N–H and O–H groups in total. The van der Waals surface area contributed by atoms with Crippen LogP contribution < -0.4 is 11.1 Å². The maximum absolute atomic E-state index is 13.1. The molecule has 0 bridgehead atoms. The molecule has 1 aromatic rings. The van der Waals surface area contributed by atoms with E-state index in [0.29, 0.717) is 13.1 Å². The number of primary amides is 1. The predicted molar refractivity (Wildman–Crippen MR) is 94.2 cm³/mol. The normalized spacial score (nSPS) is 19.6. The molecular weight excluding hydrogens is 323 g/mol. The van der Waals surface area contributed by atoms with E-state index in [0.717, 1.165) is 24.9 Å². The van der Waals surface area contributed by atoms with Crippen LogP contribution in [0.4, 0.5) is 4.39 Å². The zero-order valence-electron chi connectivity index (χ0n) is 14.9. The van der Waals surface area contributed by atoms with Crippen molar-refractivity contribution in [1.29, 1.82) is 0 Å². The summed E-state index contributed by atoms with van der Waals surface area (Å²) in [6, 6.07) is 6.30. The third-order valence-corrected chi connectivity index (χ3v) is 4.60. The Morgan fingerprint density at radius 2 is 2.04 bits per heavy atom. The van der Waals surface area contributed by atoms with Crippen LogP contribution in [-0.4, -0.2) is 61.9 Å². The molecule has 1 fully saturated rings. The Kier molecular flexibility index (Phi) is 6.90. The molecule has 25 heavy (non-hydrogen) atoms. The Morgan fingerprint density at radius 1 is 1.36 bits per heavy atom. The van der Waals surface area contributed by atoms with E-state index in [1.165, 1.54) is 12.1 Å². The largest absolute Gasteiger partial charge is 0.369 e. The van der Waals surface area contributed by atoms with Gasteiger partial charge >= 0.3 is 0 Å². The minimum atomic E-state index is -0.370. The highest BCUT2D eigenvalue weighted by Crippen LogP contribution is 2.19. The van der Waals surface area contributed by atoms with Gasteiger partial charge in [-0.05, 0) is 51.2 Å². The van der Waals surface area contributed by atoms with E-state index in [-0.39, 0.29) is 36.1 Å². The zero-order valence-corrected chi connectivity index (χ0v) is 14.9. The van der Waals surface area contributed by atoms with Crippen molar-refractivity contribution < 1.29 is 14.0 Å². The van der Waals surface area contributed by atoms with Crippen LogP contribution in [0.2, 0.25) is 0 Å². The van der Waals surface area contributed by atoms with Crippen molar-refractivity contribution in [3.8, 4) is 0 Å². The third kappa shape index (κ3) is 5.79. The van der Waals surface area contributed by atoms with Gasteiger partial charge in [0.1, 0.15) is 5.82 Å². The zero-order chi connectivity index (χ0) is 18.4. The Labute approximate surface area is 148 Å². The summed E-state index contributed by atoms with van der Waals surface area (Å²) < 4.78 is 13.1. The summed E-state index contributed by atoms with van der Waals surface area (Å²) in [4.78, 5) is 27.5. The molecule has 2 unspecified atom stereocenters. The van der Waals surface area contributed by atoms with E-state index in [4.69, 9.17) is 5.73 Å². The van der Waals surface area contributed by atoms with Gasteiger partial charge in [-0.1, -0.05) is 12.1 Å². The third-order valence-electron chi connectivity index (χ3n) is 4.60. The number of likely N-dealkylation sites (tertiary alicyclic amines) is 1. The van der Waals surface area contributed by atoms with Gasteiger partial charge in [0.05, 0.1) is 18.5 Å². The quantitative estimate of drug-likeness (QED) is 0.760. The van der Waals surface area contributed by atoms with Crippen LogP contribution >= 0.6 is 0 Å². The van der Waals surface area contributed by atoms with Crippen LogP contribution in [0.3, 0.4) is 0 Å². The van der Waals surface area contributed by atoms with Crippen molar-refractivity contribution >= 4 is 11.8 Å². The van der Waals surface area contributed by atoms with E-state index in [1.807, 2.05) is 23.9 Å². The summed E-state index contributed by atoms with van der Waals surface area (Å²) in [6.07, 6.45) is 1.69. The van der Waals surface area contributed by atoms with Crippen LogP contribution in [0.5, 0.6) is 0 Å². The lowest BCUT2D eigenvalue weighted by atomic mass is 9.96. The Morgan fingerprint density at radius 3 is 2.64 bits per heavy atom. The number of halogens is 1. The predicted octanol–water partition coefficient (Wildman–Crippen LogP) is 0.742. The molecule has 2 amide bonds. The average Bonchev–Trinajstić information content (AvgIpc) is 2.56. The maximum atomic E-state index is 13.1. The number of likely N-dealkylation sites (N-methyl/N-ethyl adjacent to an activating group) is 1. The summed E-state index contributed by atoms with van der Waals surface area (Å²) in [7, 11) is 3.85. The highest BCUT2D eigenvalue weighted by atomic mass is 19.1. The number of hydrogen-bond donors (Lipinski definition) is 2. The summed E-state index contributed by atoms with van der Waals surface area (Å²) in [5, 5.41) is 3.00. The smallest absolute Gasteiger partial charge is 0.231 e. The molecule has 0 spiro atoms. The van der Waals surface area contributed by atoms with Crippen LogP contribution in [0.25, 0.3) is 0 Å². The molecule has 0 aliphatic carbocycles. The van der Waals surface area contributed by atoms with Crippen molar-refractivity contribution in [3.63, 3.8) is 0 Å². The van der Waals surface area contributed by atoms with Crippen LogP contribution in [0, 0.1) is 11.7 Å². The van der Waals surface area contributed by atoms with Crippen molar-refractivity contribution in [2.24, 2.45) is 11.7 Å². The number of benzene rings is 1. The number of nitrogens with two attached hydrogens (primary N) is 1. The highest BCUT2D eigenvalue weighted by Gasteiger charge is 2.27. The van der Waals surface area contributed by atoms with Crippen molar-refractivity contribution in [2.75, 3.05) is 40.3 Å². The Bertz CT molecular complexity index is 591. The minimum Gasteiger partial charge on any atom is -0.369 e. The van der Waals surface area contributed by atoms with E-state index in [1.54, 1.807) is 12.1 Å². The van der Waals surface area contributed by atoms with Crippen molar-refractivity contribution in [2.45, 2.75) is 18.9 Å². The fourth-order valence-electron chi connectivity index (χ4n) is 3.26. The second-order valence-electron chi connectivity index (χ2n) is 6.82. The molecule has 1 aromatic carbocycles. The van der Waals surface area contributed by atoms with Gasteiger partial charge in [0.2, 0.25) is 11.8 Å². The second-order valence-corrected chi connectivity index (χ2v) is 6.82. The van der Waals surface area contributed by atoms with E-state index in [2.05, 4.69) is 5.32 Å². The number of piperidine rings is 1. The lowest BCUT2D eigenvalue weighted by molar-refractivity contribution is -0.128. The molecule has 1 aliphatic rings. The summed E-state index contributed by atoms with van der Waals surface area (Å²) in [5.74, 6) is -0.792. The average molecular weight is 350 g/mol. The van der Waals surface area contributed by atoms with Crippen LogP contribution in [0.15, 0.2) is 24.3 Å². The number of hydrogen-bond acceptors (Lipinski definition) is 4. The molecule has 138 valence electrons. The van der Waals surface area contributed by atoms with Crippen molar-refractivity contribution in [3.05, 3.63) is 35.6 Å². The fourth-order valence-corrected chi connectivity index (χ4v) is 3.26. The Hall–Kier alpha value is -1.99. The Balaban J connectivity index is 1.92. The lowest BCUT2D eigenvalue weighted by Gasteiger charge is -2.32. The van der Waals surface area contributed by atoms with Gasteiger partial charge in [-0.15, -0.1) is 0 Å². The van der Waals surface area contributed by atoms with E-state index < -0.39 is 0 Å². The number of carbonyl (C=O) groups excluding carboxylic acids is 2. The molecule has 1 heterocycles. The number of rotatable bonds is 7. The molecule has 0 aromatic heterocycles. The molecule has 0 saturated carbocycles. The molecule has 6 nitrogen and oxygen atoms in total. The van der Waals surface area contributed by atoms with Gasteiger partial charge in [0, 0.05) is 13.1 Å². The number of amides is 2. The molecule has 0 radical (unpaired) electrons. The molecule has 1 saturated heterocycles. The second kappa shape index (κ2) is 8.92. The highest BCUT2D eigenvalue weighted by molar-refractivity contribution is 5.79. The standard InChI is InChI=1S/C18H27FN4O2/c1-22(2)16(13-5-7-15(19)8-6-13)10-21-18(25)14-4-3-9-23(11-14)12-17(20)24/h5-8,14,16H,3-4,9-12H2,1-2H3,(H2,20,24)(H,21,25). The first-order chi connectivity index (χ1) is 11.9. The lowest BCUT2D eigenvalue weighted by Crippen LogP contribution is -2.46. The van der Waals surface area contributed by atoms with Gasteiger partial charge in [-0.25, -0.2) is 4.39 Å². The SMILES string of the molecule is CN(C)C(CNC(=O)C1CCCN(CC(N)=O)C1)c1ccc(F)cc1. The van der Waals surface area contributed by atoms with Crippen LogP contribution in [0.1, 0.15) is 24.4 Å². The first-order valence-corrected chi connectivity index (χ1v) is 8.57. The van der Waals surface area contributed by atoms with Gasteiger partial charge < -0.3 is 16.0 Å². The van der Waals surface area contributed by atoms with Gasteiger partial charge in [-0.2, -0.15) is 0 Å². The monoisotopic (exact) mass is 350 g/mol. The van der Waals surface area contributed by atoms with Gasteiger partial charge in [0.15, 0.2) is 0 Å². The summed E-state index contributed by atoms with van der Waals surface area (Å²) in [5.41, 5.74) is 6.19.